The molecular formula is C27H16ClF9N4O3. The second-order valence-electron chi connectivity index (χ2n) is 9.61. The monoisotopic (exact) mass is 650 g/mol. The summed E-state index contributed by atoms with van der Waals surface area (Å²) in [6.45, 7) is -1.64. The third kappa shape index (κ3) is 5.37. The van der Waals surface area contributed by atoms with Crippen LogP contribution >= 0.6 is 11.6 Å². The largest absolute Gasteiger partial charge is 0.493 e. The lowest BCUT2D eigenvalue weighted by molar-refractivity contribution is -0.203. The molecule has 1 aliphatic heterocycles. The topological polar surface area (TPSA) is 85.1 Å². The summed E-state index contributed by atoms with van der Waals surface area (Å²) in [5, 5.41) is 4.34. The first-order valence-corrected chi connectivity index (χ1v) is 12.8. The van der Waals surface area contributed by atoms with E-state index in [9.17, 15) is 53.9 Å². The highest BCUT2D eigenvalue weighted by Crippen LogP contribution is 2.44. The van der Waals surface area contributed by atoms with Crippen molar-refractivity contribution in [2.75, 3.05) is 12.0 Å². The number of hydrogen-bond donors (Lipinski definition) is 2. The molecule has 2 heterocycles. The molecule has 3 aromatic carbocycles. The Labute approximate surface area is 244 Å². The summed E-state index contributed by atoms with van der Waals surface area (Å²) in [5.74, 6) is -4.90. The minimum atomic E-state index is -5.40. The van der Waals surface area contributed by atoms with Crippen LogP contribution in [0.4, 0.5) is 45.2 Å². The number of benzene rings is 3. The predicted molar refractivity (Wildman–Crippen MR) is 138 cm³/mol. The highest BCUT2D eigenvalue weighted by atomic mass is 35.5. The second kappa shape index (κ2) is 10.9. The van der Waals surface area contributed by atoms with Crippen molar-refractivity contribution in [1.82, 2.24) is 14.5 Å². The second-order valence-corrected chi connectivity index (χ2v) is 10.0. The van der Waals surface area contributed by atoms with E-state index in [0.717, 1.165) is 24.3 Å². The van der Waals surface area contributed by atoms with Crippen LogP contribution in [-0.2, 0) is 19.0 Å². The molecule has 7 nitrogen and oxygen atoms in total. The number of nitrogens with one attached hydrogen (secondary N) is 2. The van der Waals surface area contributed by atoms with Gasteiger partial charge in [0.05, 0.1) is 34.9 Å². The maximum atomic E-state index is 14.2. The van der Waals surface area contributed by atoms with E-state index in [4.69, 9.17) is 11.6 Å². The number of aromatic nitrogens is 2. The Bertz CT molecular complexity index is 1900. The van der Waals surface area contributed by atoms with Gasteiger partial charge in [-0.05, 0) is 48.9 Å². The Kier molecular flexibility index (Phi) is 7.68. The van der Waals surface area contributed by atoms with Crippen molar-refractivity contribution in [1.29, 1.82) is 0 Å². The third-order valence-electron chi connectivity index (χ3n) is 6.82. The van der Waals surface area contributed by atoms with Crippen LogP contribution in [0.25, 0.3) is 11.0 Å². The van der Waals surface area contributed by atoms with Crippen molar-refractivity contribution in [3.63, 3.8) is 0 Å². The van der Waals surface area contributed by atoms with Crippen molar-refractivity contribution in [2.45, 2.75) is 31.5 Å². The number of aryl methyl sites for hydroxylation is 1. The number of halogens is 10. The van der Waals surface area contributed by atoms with Gasteiger partial charge in [0.15, 0.2) is 0 Å². The van der Waals surface area contributed by atoms with Gasteiger partial charge in [0, 0.05) is 33.9 Å². The van der Waals surface area contributed by atoms with E-state index in [2.05, 4.69) is 10.6 Å². The number of fused-ring (bicyclic) bond motifs is 3. The van der Waals surface area contributed by atoms with Gasteiger partial charge in [-0.2, -0.15) is 13.2 Å². The molecule has 0 bridgehead atoms. The number of anilines is 1. The zero-order valence-electron chi connectivity index (χ0n) is 21.6. The molecular weight excluding hydrogens is 635 g/mol. The van der Waals surface area contributed by atoms with Crippen LogP contribution in [0.15, 0.2) is 47.3 Å². The minimum Gasteiger partial charge on any atom is -0.341 e. The minimum absolute atomic E-state index is 0.133. The molecule has 1 aliphatic rings. The van der Waals surface area contributed by atoms with Gasteiger partial charge in [-0.1, -0.05) is 11.6 Å². The van der Waals surface area contributed by atoms with Crippen LogP contribution in [0.2, 0.25) is 5.02 Å². The molecule has 0 saturated carbocycles. The molecule has 0 radical (unpaired) electrons. The van der Waals surface area contributed by atoms with E-state index in [1.54, 1.807) is 0 Å². The SMILES string of the molecule is O=C(Nc1cc2c(c3c1C(c1cc(F)ccc1Cl)NC3=O)n(C(F)(F)F)c(=O)n2CCCF)c1cc(F)cc(C(F)(F)F)c1. The highest BCUT2D eigenvalue weighted by molar-refractivity contribution is 6.31. The number of imidazole rings is 1. The average Bonchev–Trinajstić information content (AvgIpc) is 3.41. The fraction of sp³-hybridized carbons (Fsp3) is 0.222. The number of amides is 2. The van der Waals surface area contributed by atoms with Gasteiger partial charge < -0.3 is 10.6 Å². The number of rotatable bonds is 6. The summed E-state index contributed by atoms with van der Waals surface area (Å²) in [4.78, 5) is 39.4. The summed E-state index contributed by atoms with van der Waals surface area (Å²) < 4.78 is 124. The first kappa shape index (κ1) is 31.0. The van der Waals surface area contributed by atoms with Crippen LogP contribution in [0.5, 0.6) is 0 Å². The van der Waals surface area contributed by atoms with E-state index in [-0.39, 0.29) is 16.7 Å². The maximum absolute atomic E-state index is 14.2. The summed E-state index contributed by atoms with van der Waals surface area (Å²) in [6.07, 6.45) is -10.9. The van der Waals surface area contributed by atoms with Crippen molar-refractivity contribution in [3.8, 4) is 0 Å². The van der Waals surface area contributed by atoms with E-state index in [1.165, 1.54) is 0 Å². The van der Waals surface area contributed by atoms with E-state index in [0.29, 0.717) is 16.7 Å². The van der Waals surface area contributed by atoms with Crippen LogP contribution in [0.1, 0.15) is 49.9 Å². The Morgan fingerprint density at radius 1 is 0.977 bits per heavy atom. The number of hydrogen-bond acceptors (Lipinski definition) is 3. The maximum Gasteiger partial charge on any atom is 0.493 e. The Morgan fingerprint density at radius 2 is 1.68 bits per heavy atom. The smallest absolute Gasteiger partial charge is 0.341 e. The van der Waals surface area contributed by atoms with Gasteiger partial charge in [0.25, 0.3) is 11.8 Å². The van der Waals surface area contributed by atoms with Crippen LogP contribution in [-0.4, -0.2) is 27.6 Å². The molecule has 2 N–H and O–H groups in total. The van der Waals surface area contributed by atoms with E-state index < -0.39 is 111 Å². The molecule has 1 aromatic heterocycles. The molecule has 1 atom stereocenters. The first-order chi connectivity index (χ1) is 20.5. The predicted octanol–water partition coefficient (Wildman–Crippen LogP) is 6.67. The lowest BCUT2D eigenvalue weighted by atomic mass is 9.95. The summed E-state index contributed by atoms with van der Waals surface area (Å²) in [7, 11) is 0. The number of nitrogens with zero attached hydrogens (tertiary/aromatic N) is 2. The van der Waals surface area contributed by atoms with Crippen LogP contribution in [0, 0.1) is 11.6 Å². The third-order valence-corrected chi connectivity index (χ3v) is 7.17. The van der Waals surface area contributed by atoms with Crippen molar-refractivity contribution in [3.05, 3.63) is 97.4 Å². The first-order valence-electron chi connectivity index (χ1n) is 12.4. The van der Waals surface area contributed by atoms with Gasteiger partial charge in [-0.3, -0.25) is 18.5 Å². The van der Waals surface area contributed by atoms with Gasteiger partial charge in [0.1, 0.15) is 11.6 Å². The molecule has 4 aromatic rings. The standard InChI is InChI=1S/C27H16ClF9N4O3/c28-16-3-2-13(30)9-15(16)21-19-17(38-23(42)11-6-12(26(32,33)34)8-14(31)7-11)10-18-22(20(19)24(43)39-21)41(27(35,36)37)25(44)40(18)5-1-4-29/h2-3,6-10,21H,1,4-5H2,(H,38,42)(H,39,43). The average molecular weight is 651 g/mol. The molecule has 0 spiro atoms. The van der Waals surface area contributed by atoms with E-state index >= 15 is 0 Å². The number of carbonyl (C=O) groups excluding carboxylic acids is 2. The molecule has 44 heavy (non-hydrogen) atoms. The molecule has 5 rings (SSSR count). The fourth-order valence-corrected chi connectivity index (χ4v) is 5.28. The number of alkyl halides is 7. The Balaban J connectivity index is 1.82. The Morgan fingerprint density at radius 3 is 2.32 bits per heavy atom. The van der Waals surface area contributed by atoms with Crippen LogP contribution < -0.4 is 16.3 Å². The molecule has 2 amide bonds. The Hall–Kier alpha value is -4.47. The van der Waals surface area contributed by atoms with Crippen molar-refractivity contribution >= 4 is 40.1 Å². The van der Waals surface area contributed by atoms with Gasteiger partial charge in [0.2, 0.25) is 0 Å². The summed E-state index contributed by atoms with van der Waals surface area (Å²) in [6, 6.07) is 3.09. The van der Waals surface area contributed by atoms with Crippen LogP contribution in [0.3, 0.4) is 0 Å². The highest BCUT2D eigenvalue weighted by Gasteiger charge is 2.43. The summed E-state index contributed by atoms with van der Waals surface area (Å²) >= 11 is 6.20. The molecule has 0 fully saturated rings. The summed E-state index contributed by atoms with van der Waals surface area (Å²) in [5.41, 5.74) is -7.59. The van der Waals surface area contributed by atoms with Gasteiger partial charge in [-0.15, -0.1) is 13.2 Å². The molecule has 1 unspecified atom stereocenters. The molecule has 0 aliphatic carbocycles. The van der Waals surface area contributed by atoms with Crippen molar-refractivity contribution < 1.29 is 49.1 Å². The molecule has 17 heteroatoms. The van der Waals surface area contributed by atoms with Gasteiger partial charge >= 0.3 is 18.2 Å². The van der Waals surface area contributed by atoms with Gasteiger partial charge in [-0.25, -0.2) is 18.1 Å². The quantitative estimate of drug-likeness (QED) is 0.229. The molecule has 232 valence electrons. The lowest BCUT2D eigenvalue weighted by Gasteiger charge is -2.19. The molecule has 0 saturated heterocycles. The zero-order chi connectivity index (χ0) is 32.3. The zero-order valence-corrected chi connectivity index (χ0v) is 22.4. The lowest BCUT2D eigenvalue weighted by Crippen LogP contribution is -2.32. The fourth-order valence-electron chi connectivity index (χ4n) is 5.05. The van der Waals surface area contributed by atoms with E-state index in [1.807, 2.05) is 0 Å². The van der Waals surface area contributed by atoms with Crippen molar-refractivity contribution in [2.24, 2.45) is 0 Å². The number of carbonyl (C=O) groups is 2. The normalized spacial score (nSPS) is 15.0.